The van der Waals surface area contributed by atoms with Gasteiger partial charge < -0.3 is 19.5 Å². The number of carbonyl (C=O) groups is 2. The smallest absolute Gasteiger partial charge is 0.295 e. The zero-order valence-corrected chi connectivity index (χ0v) is 17.4. The van der Waals surface area contributed by atoms with Crippen LogP contribution in [0.5, 0.6) is 5.75 Å². The van der Waals surface area contributed by atoms with Crippen LogP contribution in [0.25, 0.3) is 5.76 Å². The molecule has 1 atom stereocenters. The number of likely N-dealkylation sites (tertiary alicyclic amines) is 1. The third-order valence-electron chi connectivity index (χ3n) is 5.64. The largest absolute Gasteiger partial charge is 0.507 e. The van der Waals surface area contributed by atoms with E-state index in [1.807, 2.05) is 6.07 Å². The highest BCUT2D eigenvalue weighted by Crippen LogP contribution is 2.39. The van der Waals surface area contributed by atoms with Crippen LogP contribution in [0.15, 0.2) is 54.4 Å². The van der Waals surface area contributed by atoms with E-state index in [4.69, 9.17) is 9.47 Å². The number of aliphatic hydroxyl groups is 1. The van der Waals surface area contributed by atoms with Gasteiger partial charge in [0.2, 0.25) is 0 Å². The van der Waals surface area contributed by atoms with Crippen molar-refractivity contribution in [2.75, 3.05) is 46.5 Å². The summed E-state index contributed by atoms with van der Waals surface area (Å²) in [6, 6.07) is 9.64. The van der Waals surface area contributed by atoms with E-state index in [2.05, 4.69) is 9.88 Å². The number of aliphatic hydroxyl groups excluding tert-OH is 1. The molecule has 8 heteroatoms. The summed E-state index contributed by atoms with van der Waals surface area (Å²) in [5.74, 6) is -0.994. The SMILES string of the molecule is COc1cccc(/C(O)=C2\C(=O)C(=O)N(CCN3CCOCC3)C2c2cccnc2)c1. The van der Waals surface area contributed by atoms with Gasteiger partial charge in [-0.2, -0.15) is 0 Å². The Kier molecular flexibility index (Phi) is 6.29. The van der Waals surface area contributed by atoms with Gasteiger partial charge in [-0.15, -0.1) is 0 Å². The minimum Gasteiger partial charge on any atom is -0.507 e. The number of ether oxygens (including phenoxy) is 2. The standard InChI is InChI=1S/C23H25N3O5/c1-30-18-6-2-4-16(14-18)21(27)19-20(17-5-3-7-24-15-17)26(23(29)22(19)28)9-8-25-10-12-31-13-11-25/h2-7,14-15,20,27H,8-13H2,1H3/b21-19+. The van der Waals surface area contributed by atoms with Crippen LogP contribution in [0.3, 0.4) is 0 Å². The van der Waals surface area contributed by atoms with Gasteiger partial charge in [0.05, 0.1) is 31.9 Å². The molecule has 0 aliphatic carbocycles. The van der Waals surface area contributed by atoms with Crippen molar-refractivity contribution in [1.29, 1.82) is 0 Å². The van der Waals surface area contributed by atoms with Gasteiger partial charge >= 0.3 is 0 Å². The molecule has 2 fully saturated rings. The number of amides is 1. The van der Waals surface area contributed by atoms with E-state index in [1.165, 1.54) is 12.0 Å². The zero-order chi connectivity index (χ0) is 21.8. The molecule has 1 N–H and O–H groups in total. The Morgan fingerprint density at radius 1 is 1.19 bits per heavy atom. The zero-order valence-electron chi connectivity index (χ0n) is 17.4. The van der Waals surface area contributed by atoms with Crippen LogP contribution < -0.4 is 4.74 Å². The topological polar surface area (TPSA) is 92.2 Å². The van der Waals surface area contributed by atoms with Gasteiger partial charge in [0.1, 0.15) is 11.5 Å². The van der Waals surface area contributed by atoms with Gasteiger partial charge in [0, 0.05) is 44.1 Å². The number of nitrogens with zero attached hydrogens (tertiary/aromatic N) is 3. The number of morpholine rings is 1. The summed E-state index contributed by atoms with van der Waals surface area (Å²) >= 11 is 0. The average molecular weight is 423 g/mol. The highest BCUT2D eigenvalue weighted by Gasteiger charge is 2.46. The van der Waals surface area contributed by atoms with E-state index in [9.17, 15) is 14.7 Å². The van der Waals surface area contributed by atoms with Gasteiger partial charge in [-0.3, -0.25) is 19.5 Å². The molecule has 1 aromatic carbocycles. The molecule has 0 saturated carbocycles. The van der Waals surface area contributed by atoms with Gasteiger partial charge in [-0.05, 0) is 23.8 Å². The molecular formula is C23H25N3O5. The van der Waals surface area contributed by atoms with E-state index in [-0.39, 0.29) is 11.3 Å². The quantitative estimate of drug-likeness (QED) is 0.431. The number of hydrogen-bond acceptors (Lipinski definition) is 7. The highest BCUT2D eigenvalue weighted by molar-refractivity contribution is 6.46. The molecule has 8 nitrogen and oxygen atoms in total. The van der Waals surface area contributed by atoms with Crippen LogP contribution in [-0.4, -0.2) is 78.1 Å². The first kappa shape index (κ1) is 21.0. The number of Topliss-reactive ketones (excluding diaryl/α,β-unsaturated/α-hetero) is 1. The first-order valence-electron chi connectivity index (χ1n) is 10.2. The summed E-state index contributed by atoms with van der Waals surface area (Å²) in [5.41, 5.74) is 1.15. The number of methoxy groups -OCH3 is 1. The molecule has 2 aliphatic heterocycles. The third kappa shape index (κ3) is 4.30. The second kappa shape index (κ2) is 9.28. The van der Waals surface area contributed by atoms with Crippen LogP contribution in [0.1, 0.15) is 17.2 Å². The Hall–Kier alpha value is -3.23. The van der Waals surface area contributed by atoms with Gasteiger partial charge in [0.15, 0.2) is 0 Å². The number of pyridine rings is 1. The first-order chi connectivity index (χ1) is 15.1. The molecule has 2 aromatic rings. The Balaban J connectivity index is 1.72. The summed E-state index contributed by atoms with van der Waals surface area (Å²) in [5, 5.41) is 11.1. The maximum Gasteiger partial charge on any atom is 0.295 e. The molecule has 4 rings (SSSR count). The van der Waals surface area contributed by atoms with Crippen LogP contribution in [0.4, 0.5) is 0 Å². The number of hydrogen-bond donors (Lipinski definition) is 1. The summed E-state index contributed by atoms with van der Waals surface area (Å²) in [6.45, 7) is 3.85. The fourth-order valence-corrected chi connectivity index (χ4v) is 3.99. The molecular weight excluding hydrogens is 398 g/mol. The lowest BCUT2D eigenvalue weighted by molar-refractivity contribution is -0.140. The normalized spacial score (nSPS) is 21.5. The molecule has 162 valence electrons. The summed E-state index contributed by atoms with van der Waals surface area (Å²) < 4.78 is 10.6. The Morgan fingerprint density at radius 3 is 2.71 bits per heavy atom. The number of carbonyl (C=O) groups excluding carboxylic acids is 2. The van der Waals surface area contributed by atoms with Crippen molar-refractivity contribution in [2.45, 2.75) is 6.04 Å². The maximum atomic E-state index is 13.0. The molecule has 31 heavy (non-hydrogen) atoms. The minimum absolute atomic E-state index is 0.0632. The Morgan fingerprint density at radius 2 is 2.00 bits per heavy atom. The van der Waals surface area contributed by atoms with Gasteiger partial charge in [-0.1, -0.05) is 18.2 Å². The van der Waals surface area contributed by atoms with Crippen molar-refractivity contribution in [2.24, 2.45) is 0 Å². The van der Waals surface area contributed by atoms with Crippen molar-refractivity contribution >= 4 is 17.4 Å². The number of ketones is 1. The highest BCUT2D eigenvalue weighted by atomic mass is 16.5. The predicted molar refractivity (Wildman–Crippen MR) is 113 cm³/mol. The molecule has 1 unspecified atom stereocenters. The van der Waals surface area contributed by atoms with E-state index < -0.39 is 17.7 Å². The summed E-state index contributed by atoms with van der Waals surface area (Å²) in [4.78, 5) is 33.9. The van der Waals surface area contributed by atoms with E-state index in [0.717, 1.165) is 13.1 Å². The molecule has 1 aromatic heterocycles. The monoisotopic (exact) mass is 423 g/mol. The van der Waals surface area contributed by atoms with E-state index in [0.29, 0.717) is 43.2 Å². The number of benzene rings is 1. The molecule has 0 bridgehead atoms. The van der Waals surface area contributed by atoms with Crippen LogP contribution in [0.2, 0.25) is 0 Å². The molecule has 2 aliphatic rings. The maximum absolute atomic E-state index is 13.0. The second-order valence-corrected chi connectivity index (χ2v) is 7.46. The third-order valence-corrected chi connectivity index (χ3v) is 5.64. The fourth-order valence-electron chi connectivity index (χ4n) is 3.99. The fraction of sp³-hybridized carbons (Fsp3) is 0.348. The van der Waals surface area contributed by atoms with E-state index in [1.54, 1.807) is 42.7 Å². The van der Waals surface area contributed by atoms with Crippen molar-refractivity contribution < 1.29 is 24.2 Å². The van der Waals surface area contributed by atoms with Crippen LogP contribution >= 0.6 is 0 Å². The predicted octanol–water partition coefficient (Wildman–Crippen LogP) is 1.84. The molecule has 3 heterocycles. The molecule has 1 amide bonds. The Labute approximate surface area is 180 Å². The van der Waals surface area contributed by atoms with Crippen molar-refractivity contribution in [3.05, 3.63) is 65.5 Å². The lowest BCUT2D eigenvalue weighted by atomic mass is 9.96. The lowest BCUT2D eigenvalue weighted by Crippen LogP contribution is -2.42. The number of rotatable bonds is 6. The number of aromatic nitrogens is 1. The first-order valence-corrected chi connectivity index (χ1v) is 10.2. The molecule has 0 spiro atoms. The lowest BCUT2D eigenvalue weighted by Gasteiger charge is -2.30. The average Bonchev–Trinajstić information content (AvgIpc) is 3.08. The van der Waals surface area contributed by atoms with Crippen molar-refractivity contribution in [3.63, 3.8) is 0 Å². The minimum atomic E-state index is -0.707. The summed E-state index contributed by atoms with van der Waals surface area (Å²) in [7, 11) is 1.53. The van der Waals surface area contributed by atoms with Crippen molar-refractivity contribution in [3.8, 4) is 5.75 Å². The van der Waals surface area contributed by atoms with Gasteiger partial charge in [0.25, 0.3) is 11.7 Å². The summed E-state index contributed by atoms with van der Waals surface area (Å²) in [6.07, 6.45) is 3.25. The van der Waals surface area contributed by atoms with Crippen LogP contribution in [-0.2, 0) is 14.3 Å². The van der Waals surface area contributed by atoms with Crippen LogP contribution in [0, 0.1) is 0 Å². The molecule has 2 saturated heterocycles. The molecule has 0 radical (unpaired) electrons. The van der Waals surface area contributed by atoms with Gasteiger partial charge in [-0.25, -0.2) is 0 Å². The Bertz CT molecular complexity index is 986. The second-order valence-electron chi connectivity index (χ2n) is 7.46. The van der Waals surface area contributed by atoms with Crippen molar-refractivity contribution in [1.82, 2.24) is 14.8 Å². The van der Waals surface area contributed by atoms with E-state index >= 15 is 0 Å².